The molecule has 2 heterocycles. The number of nitrogens with zero attached hydrogens (tertiary/aromatic N) is 2. The van der Waals surface area contributed by atoms with Gasteiger partial charge in [0.1, 0.15) is 11.9 Å². The van der Waals surface area contributed by atoms with Crippen molar-refractivity contribution in [1.29, 1.82) is 0 Å². The summed E-state index contributed by atoms with van der Waals surface area (Å²) in [5.74, 6) is 0.589. The van der Waals surface area contributed by atoms with Crippen molar-refractivity contribution in [3.8, 4) is 0 Å². The lowest BCUT2D eigenvalue weighted by Gasteiger charge is -2.35. The molecule has 0 radical (unpaired) electrons. The molecule has 2 rings (SSSR count). The summed E-state index contributed by atoms with van der Waals surface area (Å²) in [4.78, 5) is 15.6. The number of furan rings is 1. The molecule has 0 aromatic carbocycles. The van der Waals surface area contributed by atoms with Crippen LogP contribution in [0.15, 0.2) is 22.8 Å². The minimum Gasteiger partial charge on any atom is -0.467 e. The topological polar surface area (TPSA) is 69.0 Å². The van der Waals surface area contributed by atoms with Crippen LogP contribution in [0.2, 0.25) is 0 Å². The van der Waals surface area contributed by atoms with Crippen LogP contribution in [0.5, 0.6) is 0 Å². The second kappa shape index (κ2) is 6.58. The van der Waals surface area contributed by atoms with Gasteiger partial charge in [0.05, 0.1) is 6.26 Å². The molecule has 2 amide bonds. The summed E-state index contributed by atoms with van der Waals surface area (Å²) < 4.78 is 5.18. The minimum absolute atomic E-state index is 0.00580. The Morgan fingerprint density at radius 2 is 2.21 bits per heavy atom. The SMILES string of the molecule is CCNC(=O)N1CCN(C[C@@H](O)c2ccco2)CC1. The number of hydrogen-bond donors (Lipinski definition) is 2. The fourth-order valence-corrected chi connectivity index (χ4v) is 2.21. The number of carbonyl (C=O) groups is 1. The van der Waals surface area contributed by atoms with Gasteiger partial charge in [-0.3, -0.25) is 4.90 Å². The highest BCUT2D eigenvalue weighted by atomic mass is 16.4. The molecule has 1 aromatic heterocycles. The summed E-state index contributed by atoms with van der Waals surface area (Å²) >= 11 is 0. The molecule has 1 aliphatic heterocycles. The van der Waals surface area contributed by atoms with Crippen LogP contribution >= 0.6 is 0 Å². The summed E-state index contributed by atoms with van der Waals surface area (Å²) in [6.07, 6.45) is 0.956. The van der Waals surface area contributed by atoms with Gasteiger partial charge in [0.25, 0.3) is 0 Å². The maximum Gasteiger partial charge on any atom is 0.317 e. The van der Waals surface area contributed by atoms with Crippen molar-refractivity contribution in [3.63, 3.8) is 0 Å². The number of piperazine rings is 1. The molecule has 1 fully saturated rings. The number of carbonyl (C=O) groups excluding carboxylic acids is 1. The third-order valence-corrected chi connectivity index (χ3v) is 3.29. The number of urea groups is 1. The van der Waals surface area contributed by atoms with Gasteiger partial charge in [0.2, 0.25) is 0 Å². The zero-order valence-electron chi connectivity index (χ0n) is 11.2. The summed E-state index contributed by atoms with van der Waals surface area (Å²) in [6, 6.07) is 3.54. The molecule has 0 bridgehead atoms. The van der Waals surface area contributed by atoms with Gasteiger partial charge in [-0.25, -0.2) is 4.79 Å². The zero-order valence-corrected chi connectivity index (χ0v) is 11.2. The Morgan fingerprint density at radius 3 is 2.79 bits per heavy atom. The molecule has 1 aromatic rings. The van der Waals surface area contributed by atoms with Crippen molar-refractivity contribution in [2.24, 2.45) is 0 Å². The van der Waals surface area contributed by atoms with Crippen molar-refractivity contribution in [2.45, 2.75) is 13.0 Å². The molecular formula is C13H21N3O3. The average molecular weight is 267 g/mol. The third kappa shape index (κ3) is 3.71. The van der Waals surface area contributed by atoms with E-state index in [1.807, 2.05) is 6.92 Å². The van der Waals surface area contributed by atoms with Crippen LogP contribution in [0.1, 0.15) is 18.8 Å². The summed E-state index contributed by atoms with van der Waals surface area (Å²) in [7, 11) is 0. The molecule has 0 spiro atoms. The molecule has 6 nitrogen and oxygen atoms in total. The Hall–Kier alpha value is -1.53. The predicted molar refractivity (Wildman–Crippen MR) is 70.8 cm³/mol. The van der Waals surface area contributed by atoms with Crippen LogP contribution in [0.3, 0.4) is 0 Å². The fraction of sp³-hybridized carbons (Fsp3) is 0.615. The van der Waals surface area contributed by atoms with E-state index in [1.165, 1.54) is 0 Å². The molecule has 0 saturated carbocycles. The number of aliphatic hydroxyl groups is 1. The van der Waals surface area contributed by atoms with E-state index in [9.17, 15) is 9.90 Å². The van der Waals surface area contributed by atoms with Crippen LogP contribution in [0.4, 0.5) is 4.79 Å². The zero-order chi connectivity index (χ0) is 13.7. The summed E-state index contributed by atoms with van der Waals surface area (Å²) in [5.41, 5.74) is 0. The number of aliphatic hydroxyl groups excluding tert-OH is 1. The van der Waals surface area contributed by atoms with E-state index < -0.39 is 6.10 Å². The smallest absolute Gasteiger partial charge is 0.317 e. The molecule has 2 N–H and O–H groups in total. The molecule has 19 heavy (non-hydrogen) atoms. The summed E-state index contributed by atoms with van der Waals surface area (Å²) in [5, 5.41) is 12.8. The standard InChI is InChI=1S/C13H21N3O3/c1-2-14-13(18)16-7-5-15(6-8-16)10-11(17)12-4-3-9-19-12/h3-4,9,11,17H,2,5-8,10H2,1H3,(H,14,18)/t11-/m1/s1. The number of nitrogens with one attached hydrogen (secondary N) is 1. The lowest BCUT2D eigenvalue weighted by atomic mass is 10.2. The van der Waals surface area contributed by atoms with Gasteiger partial charge in [0, 0.05) is 39.3 Å². The molecule has 6 heteroatoms. The van der Waals surface area contributed by atoms with Crippen molar-refractivity contribution in [1.82, 2.24) is 15.1 Å². The number of hydrogen-bond acceptors (Lipinski definition) is 4. The third-order valence-electron chi connectivity index (χ3n) is 3.29. The monoisotopic (exact) mass is 267 g/mol. The average Bonchev–Trinajstić information content (AvgIpc) is 2.94. The maximum absolute atomic E-state index is 11.6. The van der Waals surface area contributed by atoms with Crippen molar-refractivity contribution in [3.05, 3.63) is 24.2 Å². The van der Waals surface area contributed by atoms with Crippen molar-refractivity contribution >= 4 is 6.03 Å². The van der Waals surface area contributed by atoms with Crippen LogP contribution in [-0.4, -0.2) is 60.2 Å². The van der Waals surface area contributed by atoms with E-state index >= 15 is 0 Å². The lowest BCUT2D eigenvalue weighted by Crippen LogP contribution is -2.52. The molecular weight excluding hydrogens is 246 g/mol. The Morgan fingerprint density at radius 1 is 1.47 bits per heavy atom. The van der Waals surface area contributed by atoms with Gasteiger partial charge < -0.3 is 19.7 Å². The van der Waals surface area contributed by atoms with E-state index in [2.05, 4.69) is 10.2 Å². The normalized spacial score (nSPS) is 18.3. The maximum atomic E-state index is 11.6. The van der Waals surface area contributed by atoms with E-state index in [1.54, 1.807) is 23.3 Å². The summed E-state index contributed by atoms with van der Waals surface area (Å²) in [6.45, 7) is 6.03. The molecule has 1 aliphatic rings. The van der Waals surface area contributed by atoms with Gasteiger partial charge >= 0.3 is 6.03 Å². The Labute approximate surface area is 113 Å². The molecule has 1 atom stereocenters. The quantitative estimate of drug-likeness (QED) is 0.841. The minimum atomic E-state index is -0.606. The first-order valence-electron chi connectivity index (χ1n) is 6.67. The van der Waals surface area contributed by atoms with Crippen molar-refractivity contribution in [2.75, 3.05) is 39.3 Å². The molecule has 0 unspecified atom stereocenters. The van der Waals surface area contributed by atoms with Gasteiger partial charge in [-0.2, -0.15) is 0 Å². The highest BCUT2D eigenvalue weighted by molar-refractivity contribution is 5.74. The molecule has 1 saturated heterocycles. The van der Waals surface area contributed by atoms with Crippen LogP contribution in [0, 0.1) is 0 Å². The van der Waals surface area contributed by atoms with Crippen LogP contribution in [0.25, 0.3) is 0 Å². The Balaban J connectivity index is 1.76. The Bertz CT molecular complexity index is 386. The number of β-amino-alcohol motifs (C(OH)–C–C–N with tert-alkyl or cyclic N) is 1. The van der Waals surface area contributed by atoms with E-state index in [4.69, 9.17) is 4.42 Å². The predicted octanol–water partition coefficient (Wildman–Crippen LogP) is 0.660. The highest BCUT2D eigenvalue weighted by Crippen LogP contribution is 2.15. The van der Waals surface area contributed by atoms with Gasteiger partial charge in [0.15, 0.2) is 0 Å². The first-order valence-corrected chi connectivity index (χ1v) is 6.67. The van der Waals surface area contributed by atoms with E-state index in [-0.39, 0.29) is 6.03 Å². The number of rotatable bonds is 4. The van der Waals surface area contributed by atoms with Crippen LogP contribution in [-0.2, 0) is 0 Å². The second-order valence-corrected chi connectivity index (χ2v) is 4.65. The van der Waals surface area contributed by atoms with Gasteiger partial charge in [-0.1, -0.05) is 0 Å². The fourth-order valence-electron chi connectivity index (χ4n) is 2.21. The highest BCUT2D eigenvalue weighted by Gasteiger charge is 2.23. The van der Waals surface area contributed by atoms with Crippen LogP contribution < -0.4 is 5.32 Å². The van der Waals surface area contributed by atoms with Crippen molar-refractivity contribution < 1.29 is 14.3 Å². The van der Waals surface area contributed by atoms with E-state index in [0.717, 1.165) is 13.1 Å². The first-order chi connectivity index (χ1) is 9.20. The first kappa shape index (κ1) is 13.9. The van der Waals surface area contributed by atoms with Gasteiger partial charge in [-0.05, 0) is 19.1 Å². The largest absolute Gasteiger partial charge is 0.467 e. The second-order valence-electron chi connectivity index (χ2n) is 4.65. The van der Waals surface area contributed by atoms with Gasteiger partial charge in [-0.15, -0.1) is 0 Å². The molecule has 0 aliphatic carbocycles. The van der Waals surface area contributed by atoms with E-state index in [0.29, 0.717) is 31.9 Å². The molecule has 106 valence electrons. The number of amides is 2. The Kier molecular flexibility index (Phi) is 4.81. The lowest BCUT2D eigenvalue weighted by molar-refractivity contribution is 0.0692.